The van der Waals surface area contributed by atoms with Crippen molar-refractivity contribution in [2.24, 2.45) is 0 Å². The summed E-state index contributed by atoms with van der Waals surface area (Å²) in [5.41, 5.74) is 0. The molecular formula is C16H20N4O5. The van der Waals surface area contributed by atoms with E-state index in [0.29, 0.717) is 39.3 Å². The van der Waals surface area contributed by atoms with Crippen molar-refractivity contribution in [3.63, 3.8) is 0 Å². The Morgan fingerprint density at radius 1 is 1.00 bits per heavy atom. The number of hydrogen-bond acceptors (Lipinski definition) is 5. The number of carbonyl (C=O) groups excluding carboxylic acids is 4. The quantitative estimate of drug-likeness (QED) is 0.693. The number of nitrogens with zero attached hydrogens (tertiary/aromatic N) is 4. The van der Waals surface area contributed by atoms with E-state index in [1.165, 1.54) is 16.1 Å². The van der Waals surface area contributed by atoms with Crippen molar-refractivity contribution in [3.8, 4) is 0 Å². The molecule has 0 spiro atoms. The first-order valence-electron chi connectivity index (χ1n) is 8.25. The number of imide groups is 1. The third kappa shape index (κ3) is 3.21. The minimum absolute atomic E-state index is 0.197. The maximum absolute atomic E-state index is 12.5. The summed E-state index contributed by atoms with van der Waals surface area (Å²) in [5.74, 6) is -1.39. The fourth-order valence-electron chi connectivity index (χ4n) is 2.99. The van der Waals surface area contributed by atoms with Gasteiger partial charge < -0.3 is 19.1 Å². The van der Waals surface area contributed by atoms with Gasteiger partial charge in [0.15, 0.2) is 5.76 Å². The van der Waals surface area contributed by atoms with Crippen molar-refractivity contribution in [3.05, 3.63) is 24.2 Å². The largest absolute Gasteiger partial charge is 0.459 e. The molecule has 5 amide bonds. The van der Waals surface area contributed by atoms with Gasteiger partial charge in [-0.25, -0.2) is 4.79 Å². The summed E-state index contributed by atoms with van der Waals surface area (Å²) in [7, 11) is 0. The molecule has 2 saturated heterocycles. The second-order valence-corrected chi connectivity index (χ2v) is 5.88. The predicted octanol–water partition coefficient (Wildman–Crippen LogP) is -0.152. The third-order valence-electron chi connectivity index (χ3n) is 4.49. The minimum atomic E-state index is -0.785. The number of rotatable bonds is 2. The van der Waals surface area contributed by atoms with Gasteiger partial charge in [-0.05, 0) is 19.1 Å². The van der Waals surface area contributed by atoms with Crippen LogP contribution >= 0.6 is 0 Å². The second-order valence-electron chi connectivity index (χ2n) is 5.88. The van der Waals surface area contributed by atoms with Crippen LogP contribution in [0.25, 0.3) is 0 Å². The number of carbonyl (C=O) groups is 4. The number of hydrogen-bond donors (Lipinski definition) is 0. The molecule has 2 aliphatic rings. The van der Waals surface area contributed by atoms with E-state index >= 15 is 0 Å². The van der Waals surface area contributed by atoms with E-state index in [-0.39, 0.29) is 18.2 Å². The number of amides is 5. The van der Waals surface area contributed by atoms with Gasteiger partial charge in [-0.15, -0.1) is 0 Å². The van der Waals surface area contributed by atoms with Crippen molar-refractivity contribution in [1.29, 1.82) is 0 Å². The zero-order valence-electron chi connectivity index (χ0n) is 14.0. The average molecular weight is 348 g/mol. The monoisotopic (exact) mass is 348 g/mol. The zero-order valence-corrected chi connectivity index (χ0v) is 14.0. The van der Waals surface area contributed by atoms with Crippen molar-refractivity contribution >= 4 is 23.8 Å². The second kappa shape index (κ2) is 6.96. The molecule has 1 aromatic heterocycles. The van der Waals surface area contributed by atoms with Crippen molar-refractivity contribution in [2.75, 3.05) is 45.8 Å². The van der Waals surface area contributed by atoms with Crippen LogP contribution in [0.5, 0.6) is 0 Å². The molecular weight excluding hydrogens is 328 g/mol. The zero-order chi connectivity index (χ0) is 18.0. The molecule has 0 aromatic carbocycles. The maximum Gasteiger partial charge on any atom is 0.327 e. The average Bonchev–Trinajstić information content (AvgIpc) is 3.17. The van der Waals surface area contributed by atoms with E-state index in [2.05, 4.69) is 0 Å². The number of urea groups is 1. The van der Waals surface area contributed by atoms with Gasteiger partial charge in [-0.2, -0.15) is 0 Å². The summed E-state index contributed by atoms with van der Waals surface area (Å²) >= 11 is 0. The summed E-state index contributed by atoms with van der Waals surface area (Å²) in [6.45, 7) is 4.09. The Labute approximate surface area is 144 Å². The highest BCUT2D eigenvalue weighted by Gasteiger charge is 2.38. The highest BCUT2D eigenvalue weighted by atomic mass is 16.3. The highest BCUT2D eigenvalue weighted by molar-refractivity contribution is 6.38. The normalized spacial score (nSPS) is 18.8. The highest BCUT2D eigenvalue weighted by Crippen LogP contribution is 2.13. The first-order valence-corrected chi connectivity index (χ1v) is 8.25. The van der Waals surface area contributed by atoms with E-state index in [4.69, 9.17) is 4.42 Å². The van der Waals surface area contributed by atoms with Crippen LogP contribution in [0.4, 0.5) is 4.79 Å². The Hall–Kier alpha value is -2.84. The van der Waals surface area contributed by atoms with Gasteiger partial charge >= 0.3 is 17.8 Å². The molecule has 0 atom stereocenters. The first kappa shape index (κ1) is 17.0. The van der Waals surface area contributed by atoms with Gasteiger partial charge in [0.1, 0.15) is 0 Å². The van der Waals surface area contributed by atoms with Crippen molar-refractivity contribution < 1.29 is 23.6 Å². The van der Waals surface area contributed by atoms with Gasteiger partial charge in [0.2, 0.25) is 0 Å². The Morgan fingerprint density at radius 2 is 1.68 bits per heavy atom. The van der Waals surface area contributed by atoms with E-state index in [1.807, 2.05) is 0 Å². The summed E-state index contributed by atoms with van der Waals surface area (Å²) < 4.78 is 5.10. The molecule has 0 aliphatic carbocycles. The Balaban J connectivity index is 1.58. The number of furan rings is 1. The molecule has 9 heteroatoms. The molecule has 1 aromatic rings. The smallest absolute Gasteiger partial charge is 0.327 e. The van der Waals surface area contributed by atoms with E-state index < -0.39 is 17.8 Å². The Morgan fingerprint density at radius 3 is 2.28 bits per heavy atom. The van der Waals surface area contributed by atoms with Crippen LogP contribution < -0.4 is 0 Å². The molecule has 0 N–H and O–H groups in total. The molecule has 134 valence electrons. The summed E-state index contributed by atoms with van der Waals surface area (Å²) in [5, 5.41) is 0. The molecule has 0 saturated carbocycles. The standard InChI is InChI=1S/C16H20N4O5/c1-2-17-9-10-20(15(23)14(17)22)16(24)19-7-5-18(6-8-19)13(21)12-4-3-11-25-12/h3-4,11H,2,5-10H2,1H3. The Kier molecular flexibility index (Phi) is 4.73. The lowest BCUT2D eigenvalue weighted by Gasteiger charge is -2.38. The van der Waals surface area contributed by atoms with Gasteiger partial charge in [0.25, 0.3) is 5.91 Å². The minimum Gasteiger partial charge on any atom is -0.459 e. The molecule has 2 fully saturated rings. The van der Waals surface area contributed by atoms with Crippen molar-refractivity contribution in [1.82, 2.24) is 19.6 Å². The summed E-state index contributed by atoms with van der Waals surface area (Å²) in [4.78, 5) is 54.3. The molecule has 9 nitrogen and oxygen atoms in total. The SMILES string of the molecule is CCN1CCN(C(=O)N2CCN(C(=O)c3ccco3)CC2)C(=O)C1=O. The number of piperazine rings is 2. The van der Waals surface area contributed by atoms with E-state index in [1.54, 1.807) is 24.0 Å². The molecule has 0 bridgehead atoms. The lowest BCUT2D eigenvalue weighted by Crippen LogP contribution is -2.61. The topological polar surface area (TPSA) is 94.4 Å². The molecule has 0 unspecified atom stereocenters. The summed E-state index contributed by atoms with van der Waals surface area (Å²) in [6, 6.07) is 2.77. The summed E-state index contributed by atoms with van der Waals surface area (Å²) in [6.07, 6.45) is 1.44. The van der Waals surface area contributed by atoms with Crippen LogP contribution in [0.2, 0.25) is 0 Å². The van der Waals surface area contributed by atoms with Gasteiger partial charge in [-0.3, -0.25) is 19.3 Å². The van der Waals surface area contributed by atoms with Gasteiger partial charge in [0, 0.05) is 45.8 Å². The van der Waals surface area contributed by atoms with Crippen LogP contribution in [0.1, 0.15) is 17.5 Å². The lowest BCUT2D eigenvalue weighted by atomic mass is 10.2. The fraction of sp³-hybridized carbons (Fsp3) is 0.500. The Bertz CT molecular complexity index is 679. The fourth-order valence-corrected chi connectivity index (χ4v) is 2.99. The van der Waals surface area contributed by atoms with Crippen LogP contribution in [-0.2, 0) is 9.59 Å². The molecule has 0 radical (unpaired) electrons. The maximum atomic E-state index is 12.5. The predicted molar refractivity (Wildman–Crippen MR) is 85.5 cm³/mol. The van der Waals surface area contributed by atoms with E-state index in [9.17, 15) is 19.2 Å². The molecule has 25 heavy (non-hydrogen) atoms. The third-order valence-corrected chi connectivity index (χ3v) is 4.49. The first-order chi connectivity index (χ1) is 12.0. The van der Waals surface area contributed by atoms with Crippen LogP contribution in [0.3, 0.4) is 0 Å². The van der Waals surface area contributed by atoms with Gasteiger partial charge in [0.05, 0.1) is 6.26 Å². The number of likely N-dealkylation sites (N-methyl/N-ethyl adjacent to an activating group) is 1. The van der Waals surface area contributed by atoms with Crippen LogP contribution in [0.15, 0.2) is 22.8 Å². The van der Waals surface area contributed by atoms with E-state index in [0.717, 1.165) is 4.90 Å². The molecule has 3 heterocycles. The molecule has 2 aliphatic heterocycles. The van der Waals surface area contributed by atoms with Gasteiger partial charge in [-0.1, -0.05) is 0 Å². The van der Waals surface area contributed by atoms with Crippen molar-refractivity contribution in [2.45, 2.75) is 6.92 Å². The molecule has 3 rings (SSSR count). The van der Waals surface area contributed by atoms with Crippen LogP contribution in [0, 0.1) is 0 Å². The van der Waals surface area contributed by atoms with Crippen LogP contribution in [-0.4, -0.2) is 89.2 Å². The lowest BCUT2D eigenvalue weighted by molar-refractivity contribution is -0.154.